The van der Waals surface area contributed by atoms with Gasteiger partial charge in [0.15, 0.2) is 0 Å². The van der Waals surface area contributed by atoms with E-state index in [-0.39, 0.29) is 41.1 Å². The third kappa shape index (κ3) is 4.31. The second-order valence-electron chi connectivity index (χ2n) is 9.99. The van der Waals surface area contributed by atoms with Crippen LogP contribution in [-0.2, 0) is 19.1 Å². The molecule has 3 aliphatic rings. The predicted molar refractivity (Wildman–Crippen MR) is 130 cm³/mol. The normalized spacial score (nSPS) is 31.7. The number of esters is 2. The van der Waals surface area contributed by atoms with Gasteiger partial charge in [-0.25, -0.2) is 14.4 Å². The molecule has 4 rings (SSSR count). The van der Waals surface area contributed by atoms with E-state index in [1.807, 2.05) is 6.08 Å². The maximum Gasteiger partial charge on any atom is 0.345 e. The van der Waals surface area contributed by atoms with Gasteiger partial charge in [-0.1, -0.05) is 43.4 Å². The van der Waals surface area contributed by atoms with Gasteiger partial charge in [0.1, 0.15) is 23.8 Å². The van der Waals surface area contributed by atoms with E-state index in [1.54, 1.807) is 25.2 Å². The van der Waals surface area contributed by atoms with Crippen LogP contribution in [0.1, 0.15) is 49.9 Å². The molecule has 2 aliphatic carbocycles. The lowest BCUT2D eigenvalue weighted by Gasteiger charge is -2.58. The molecule has 36 heavy (non-hydrogen) atoms. The zero-order valence-corrected chi connectivity index (χ0v) is 20.3. The van der Waals surface area contributed by atoms with E-state index < -0.39 is 22.5 Å². The van der Waals surface area contributed by atoms with E-state index in [4.69, 9.17) is 9.47 Å². The molecule has 5 atom stereocenters. The zero-order valence-electron chi connectivity index (χ0n) is 20.3. The number of benzene rings is 1. The van der Waals surface area contributed by atoms with Gasteiger partial charge in [0.05, 0.1) is 10.5 Å². The number of hydrogen-bond donors (Lipinski definition) is 0. The molecule has 0 amide bonds. The summed E-state index contributed by atoms with van der Waals surface area (Å²) in [5.41, 5.74) is -0.456. The first-order valence-electron chi connectivity index (χ1n) is 11.9. The van der Waals surface area contributed by atoms with Crippen LogP contribution in [0, 0.1) is 27.4 Å². The average molecular weight is 493 g/mol. The third-order valence-electron chi connectivity index (χ3n) is 8.08. The average Bonchev–Trinajstić information content (AvgIpc) is 3.25. The van der Waals surface area contributed by atoms with E-state index in [9.17, 15) is 24.5 Å². The summed E-state index contributed by atoms with van der Waals surface area (Å²) < 4.78 is 10.8. The van der Waals surface area contributed by atoms with Crippen LogP contribution < -0.4 is 0 Å². The van der Waals surface area contributed by atoms with Crippen LogP contribution in [0.4, 0.5) is 5.69 Å². The Morgan fingerprint density at radius 2 is 2.08 bits per heavy atom. The number of nitro groups is 1. The number of rotatable bonds is 6. The minimum atomic E-state index is -1.09. The number of fused-ring (bicyclic) bond motifs is 1. The summed E-state index contributed by atoms with van der Waals surface area (Å²) in [5.74, 6) is -1.46. The maximum absolute atomic E-state index is 13.0. The first-order valence-corrected chi connectivity index (χ1v) is 11.9. The molecule has 0 spiro atoms. The number of carbonyl (C=O) groups is 2. The molecule has 0 aromatic heterocycles. The minimum absolute atomic E-state index is 0.0985. The van der Waals surface area contributed by atoms with E-state index >= 15 is 0 Å². The highest BCUT2D eigenvalue weighted by Crippen LogP contribution is 2.60. The van der Waals surface area contributed by atoms with Crippen molar-refractivity contribution in [2.24, 2.45) is 22.2 Å². The summed E-state index contributed by atoms with van der Waals surface area (Å²) in [6.07, 6.45) is 8.74. The summed E-state index contributed by atoms with van der Waals surface area (Å²) in [7, 11) is 0. The van der Waals surface area contributed by atoms with Crippen LogP contribution in [0.25, 0.3) is 0 Å². The predicted octanol–water partition coefficient (Wildman–Crippen LogP) is 4.64. The van der Waals surface area contributed by atoms with Crippen molar-refractivity contribution in [3.05, 3.63) is 75.9 Å². The number of aliphatic imine (C=N–C) groups is 1. The number of allylic oxidation sites excluding steroid dienone is 2. The lowest BCUT2D eigenvalue weighted by Crippen LogP contribution is -2.59. The second-order valence-corrected chi connectivity index (χ2v) is 9.99. The summed E-state index contributed by atoms with van der Waals surface area (Å²) in [6, 6.07) is 5.60. The van der Waals surface area contributed by atoms with Crippen molar-refractivity contribution in [2.45, 2.75) is 51.2 Å². The highest BCUT2D eigenvalue weighted by molar-refractivity contribution is 5.94. The third-order valence-corrected chi connectivity index (χ3v) is 8.08. The first kappa shape index (κ1) is 25.3. The molecule has 0 unspecified atom stereocenters. The van der Waals surface area contributed by atoms with Gasteiger partial charge in [-0.3, -0.25) is 10.1 Å². The van der Waals surface area contributed by atoms with E-state index in [0.29, 0.717) is 31.3 Å². The maximum atomic E-state index is 13.0. The number of carbonyl (C=O) groups excluding carboxylic acids is 3. The van der Waals surface area contributed by atoms with Gasteiger partial charge in [-0.2, -0.15) is 4.99 Å². The Labute approximate surface area is 208 Å². The molecule has 0 saturated heterocycles. The summed E-state index contributed by atoms with van der Waals surface area (Å²) in [6.45, 7) is 8.42. The fraction of sp³-hybridized carbons (Fsp3) is 0.444. The minimum Gasteiger partial charge on any atom is -0.458 e. The van der Waals surface area contributed by atoms with Gasteiger partial charge in [-0.15, -0.1) is 0 Å². The van der Waals surface area contributed by atoms with E-state index in [1.165, 1.54) is 24.3 Å². The van der Waals surface area contributed by atoms with Gasteiger partial charge < -0.3 is 9.47 Å². The number of nitro benzene ring substituents is 1. The molecule has 2 saturated carbocycles. The van der Waals surface area contributed by atoms with Crippen LogP contribution in [0.3, 0.4) is 0 Å². The summed E-state index contributed by atoms with van der Waals surface area (Å²) in [4.78, 5) is 51.4. The number of cyclic esters (lactones) is 1. The Balaban J connectivity index is 1.65. The van der Waals surface area contributed by atoms with Crippen molar-refractivity contribution < 1.29 is 28.8 Å². The standard InChI is InChI=1S/C27H28N2O7/c1-17-8-11-22-26(2,20(17)10-9-18-13-15-35-24(18)31)14-12-23(27(22,3)28-16-30)36-25(32)19-6-4-5-7-21(19)29(33)34/h4-7,9-10,13,20,22-23H,1,8,11-12,14-15H2,2-3H3/b10-9+/t20-,22+,23-,26+,27+/m1/s1. The molecule has 188 valence electrons. The fourth-order valence-corrected chi connectivity index (χ4v) is 6.24. The Morgan fingerprint density at radius 3 is 2.75 bits per heavy atom. The fourth-order valence-electron chi connectivity index (χ4n) is 6.24. The molecule has 2 fully saturated rings. The SMILES string of the molecule is C=C1CC[C@H]2[C@@](C)(CC[C@@H](OC(=O)c3ccccc3[N+](=O)[O-])[C@@]2(C)N=C=O)[C@@H]1/C=C/C1=CCOC1=O. The zero-order chi connectivity index (χ0) is 26.1. The molecular formula is C27H28N2O7. The molecule has 9 nitrogen and oxygen atoms in total. The van der Waals surface area contributed by atoms with E-state index in [2.05, 4.69) is 18.5 Å². The topological polar surface area (TPSA) is 125 Å². The number of ether oxygens (including phenoxy) is 2. The van der Waals surface area contributed by atoms with Gasteiger partial charge in [0.25, 0.3) is 5.69 Å². The molecule has 1 aromatic carbocycles. The monoisotopic (exact) mass is 492 g/mol. The molecule has 0 bridgehead atoms. The first-order chi connectivity index (χ1) is 17.1. The van der Waals surface area contributed by atoms with Gasteiger partial charge in [0.2, 0.25) is 6.08 Å². The Bertz CT molecular complexity index is 1230. The molecule has 1 heterocycles. The summed E-state index contributed by atoms with van der Waals surface area (Å²) in [5, 5.41) is 11.4. The van der Waals surface area contributed by atoms with Crippen molar-refractivity contribution >= 4 is 23.7 Å². The van der Waals surface area contributed by atoms with Gasteiger partial charge >= 0.3 is 11.9 Å². The lowest BCUT2D eigenvalue weighted by atomic mass is 9.49. The number of isocyanates is 1. The number of nitrogens with zero attached hydrogens (tertiary/aromatic N) is 2. The molecule has 1 aromatic rings. The lowest BCUT2D eigenvalue weighted by molar-refractivity contribution is -0.385. The largest absolute Gasteiger partial charge is 0.458 e. The van der Waals surface area contributed by atoms with Gasteiger partial charge in [0, 0.05) is 12.0 Å². The number of para-hydroxylation sites is 1. The molecule has 0 radical (unpaired) electrons. The number of hydrogen-bond acceptors (Lipinski definition) is 8. The van der Waals surface area contributed by atoms with E-state index in [0.717, 1.165) is 5.57 Å². The van der Waals surface area contributed by atoms with Crippen LogP contribution in [-0.4, -0.2) is 41.2 Å². The molecule has 9 heteroatoms. The molecule has 1 aliphatic heterocycles. The Morgan fingerprint density at radius 1 is 1.33 bits per heavy atom. The Hall–Kier alpha value is -3.84. The highest BCUT2D eigenvalue weighted by Gasteiger charge is 2.59. The van der Waals surface area contributed by atoms with Crippen molar-refractivity contribution in [2.75, 3.05) is 6.61 Å². The molecular weight excluding hydrogens is 464 g/mol. The van der Waals surface area contributed by atoms with Crippen LogP contribution >= 0.6 is 0 Å². The molecule has 0 N–H and O–H groups in total. The summed E-state index contributed by atoms with van der Waals surface area (Å²) >= 11 is 0. The highest BCUT2D eigenvalue weighted by atomic mass is 16.6. The second kappa shape index (κ2) is 9.66. The van der Waals surface area contributed by atoms with Crippen LogP contribution in [0.5, 0.6) is 0 Å². The van der Waals surface area contributed by atoms with Crippen molar-refractivity contribution in [3.8, 4) is 0 Å². The van der Waals surface area contributed by atoms with Crippen molar-refractivity contribution in [1.82, 2.24) is 0 Å². The van der Waals surface area contributed by atoms with Crippen molar-refractivity contribution in [3.63, 3.8) is 0 Å². The van der Waals surface area contributed by atoms with Gasteiger partial charge in [-0.05, 0) is 56.1 Å². The van der Waals surface area contributed by atoms with Crippen LogP contribution in [0.2, 0.25) is 0 Å². The quantitative estimate of drug-likeness (QED) is 0.141. The Kier molecular flexibility index (Phi) is 6.78. The van der Waals surface area contributed by atoms with Crippen LogP contribution in [0.15, 0.2) is 65.2 Å². The van der Waals surface area contributed by atoms with Crippen molar-refractivity contribution in [1.29, 1.82) is 0 Å². The smallest absolute Gasteiger partial charge is 0.345 e.